The third-order valence-corrected chi connectivity index (χ3v) is 9.13. The summed E-state index contributed by atoms with van der Waals surface area (Å²) >= 11 is 1.20. The normalized spacial score (nSPS) is 28.1. The average Bonchev–Trinajstić information content (AvgIpc) is 3.28. The average molecular weight is 462 g/mol. The summed E-state index contributed by atoms with van der Waals surface area (Å²) < 4.78 is 0. The van der Waals surface area contributed by atoms with Crippen molar-refractivity contribution in [1.82, 2.24) is 10.3 Å². The van der Waals surface area contributed by atoms with E-state index in [2.05, 4.69) is 27.8 Å². The Morgan fingerprint density at radius 1 is 1.21 bits per heavy atom. The number of ketones is 1. The van der Waals surface area contributed by atoms with E-state index < -0.39 is 5.92 Å². The Labute approximate surface area is 196 Å². The van der Waals surface area contributed by atoms with Gasteiger partial charge >= 0.3 is 0 Å². The summed E-state index contributed by atoms with van der Waals surface area (Å²) in [5.74, 6) is 1.07. The summed E-state index contributed by atoms with van der Waals surface area (Å²) in [6, 6.07) is 7.33. The Balaban J connectivity index is 1.09. The second-order valence-corrected chi connectivity index (χ2v) is 11.1. The van der Waals surface area contributed by atoms with Crippen molar-refractivity contribution in [1.29, 1.82) is 0 Å². The van der Waals surface area contributed by atoms with Gasteiger partial charge in [-0.1, -0.05) is 41.2 Å². The summed E-state index contributed by atoms with van der Waals surface area (Å²) in [5, 5.41) is 6.36. The van der Waals surface area contributed by atoms with Crippen molar-refractivity contribution < 1.29 is 14.4 Å². The molecule has 2 amide bonds. The molecule has 2 N–H and O–H groups in total. The van der Waals surface area contributed by atoms with E-state index in [0.717, 1.165) is 5.56 Å². The van der Waals surface area contributed by atoms with E-state index >= 15 is 0 Å². The molecule has 1 aromatic carbocycles. The number of hydrogen-bond acceptors (Lipinski definition) is 5. The number of anilines is 1. The maximum absolute atomic E-state index is 12.9. The fraction of sp³-hybridized carbons (Fsp3) is 0.462. The van der Waals surface area contributed by atoms with Gasteiger partial charge in [-0.2, -0.15) is 0 Å². The number of allylic oxidation sites excluding steroid dienone is 2. The van der Waals surface area contributed by atoms with Crippen LogP contribution in [0.25, 0.3) is 0 Å². The van der Waals surface area contributed by atoms with Gasteiger partial charge in [-0.3, -0.25) is 19.7 Å². The molecule has 2 fully saturated rings. The summed E-state index contributed by atoms with van der Waals surface area (Å²) in [6.07, 6.45) is 9.21. The number of rotatable bonds is 5. The maximum atomic E-state index is 12.9. The van der Waals surface area contributed by atoms with Crippen LogP contribution in [0, 0.1) is 36.0 Å². The first-order valence-corrected chi connectivity index (χ1v) is 12.6. The lowest BCUT2D eigenvalue weighted by atomic mass is 9.87. The number of thiazole rings is 1. The van der Waals surface area contributed by atoms with E-state index in [1.54, 1.807) is 6.07 Å². The summed E-state index contributed by atoms with van der Waals surface area (Å²) in [7, 11) is 0. The lowest BCUT2D eigenvalue weighted by molar-refractivity contribution is -0.125. The molecular weight excluding hydrogens is 434 g/mol. The first-order chi connectivity index (χ1) is 15.9. The topological polar surface area (TPSA) is 88.2 Å². The van der Waals surface area contributed by atoms with Crippen molar-refractivity contribution in [3.8, 4) is 0 Å². The molecule has 2 saturated carbocycles. The van der Waals surface area contributed by atoms with Gasteiger partial charge in [-0.25, -0.2) is 4.98 Å². The fourth-order valence-electron chi connectivity index (χ4n) is 6.26. The van der Waals surface area contributed by atoms with Gasteiger partial charge in [0.25, 0.3) is 5.91 Å². The van der Waals surface area contributed by atoms with Crippen LogP contribution < -0.4 is 10.6 Å². The molecule has 170 valence electrons. The highest BCUT2D eigenvalue weighted by atomic mass is 32.1. The molecule has 4 aliphatic rings. The maximum Gasteiger partial charge on any atom is 0.257 e. The monoisotopic (exact) mass is 461 g/mol. The summed E-state index contributed by atoms with van der Waals surface area (Å²) in [6.45, 7) is 2.62. The Kier molecular flexibility index (Phi) is 4.80. The second kappa shape index (κ2) is 7.62. The number of Topliss-reactive ketones (excluding diaryl/α,β-unsaturated/α-hetero) is 1. The van der Waals surface area contributed by atoms with Crippen molar-refractivity contribution >= 4 is 34.1 Å². The van der Waals surface area contributed by atoms with Gasteiger partial charge in [-0.15, -0.1) is 0 Å². The lowest BCUT2D eigenvalue weighted by Gasteiger charge is -2.23. The van der Waals surface area contributed by atoms with Crippen LogP contribution in [0.3, 0.4) is 0 Å². The van der Waals surface area contributed by atoms with Gasteiger partial charge < -0.3 is 5.32 Å². The molecular formula is C26H27N3O3S. The van der Waals surface area contributed by atoms with Crippen LogP contribution in [0.1, 0.15) is 57.0 Å². The molecule has 0 unspecified atom stereocenters. The third-order valence-electron chi connectivity index (χ3n) is 8.08. The van der Waals surface area contributed by atoms with E-state index in [9.17, 15) is 14.4 Å². The van der Waals surface area contributed by atoms with Crippen LogP contribution in [0.15, 0.2) is 36.4 Å². The van der Waals surface area contributed by atoms with Crippen LogP contribution in [-0.2, 0) is 11.2 Å². The van der Waals surface area contributed by atoms with Crippen molar-refractivity contribution in [2.45, 2.75) is 39.0 Å². The Hall–Kier alpha value is -2.80. The second-order valence-electron chi connectivity index (χ2n) is 10.1. The van der Waals surface area contributed by atoms with Crippen LogP contribution in [-0.4, -0.2) is 29.1 Å². The number of aryl methyl sites for hydroxylation is 1. The number of carbonyl (C=O) groups excluding carboxylic acids is 3. The molecule has 2 aromatic rings. The largest absolute Gasteiger partial charge is 0.356 e. The number of nitrogens with zero attached hydrogens (tertiary/aromatic N) is 1. The molecule has 0 aliphatic heterocycles. The Bertz CT molecular complexity index is 1200. The van der Waals surface area contributed by atoms with Crippen molar-refractivity contribution in [3.63, 3.8) is 0 Å². The van der Waals surface area contributed by atoms with E-state index in [1.165, 1.54) is 30.6 Å². The molecule has 6 rings (SSSR count). The molecule has 4 atom stereocenters. The number of aromatic nitrogens is 1. The zero-order valence-electron chi connectivity index (χ0n) is 18.6. The Morgan fingerprint density at radius 2 is 2.06 bits per heavy atom. The van der Waals surface area contributed by atoms with Gasteiger partial charge in [0.15, 0.2) is 10.9 Å². The van der Waals surface area contributed by atoms with Gasteiger partial charge in [0, 0.05) is 24.9 Å². The van der Waals surface area contributed by atoms with E-state index in [4.69, 9.17) is 0 Å². The summed E-state index contributed by atoms with van der Waals surface area (Å²) in [4.78, 5) is 43.3. The number of nitrogens with one attached hydrogen (secondary N) is 2. The number of hydrogen-bond donors (Lipinski definition) is 2. The Morgan fingerprint density at radius 3 is 2.82 bits per heavy atom. The van der Waals surface area contributed by atoms with E-state index in [-0.39, 0.29) is 24.0 Å². The SMILES string of the molecule is Cc1cccc(C(=O)Nc2nc3c(s2)C(=O)C[C@@H](C(=O)NC[C@H]2C[C@H]4C=C[C@H]2C42CC2)C3)c1. The van der Waals surface area contributed by atoms with E-state index in [0.29, 0.717) is 57.4 Å². The van der Waals surface area contributed by atoms with Crippen LogP contribution in [0.5, 0.6) is 0 Å². The van der Waals surface area contributed by atoms with Crippen molar-refractivity contribution in [2.24, 2.45) is 29.1 Å². The number of carbonyl (C=O) groups is 3. The minimum absolute atomic E-state index is 0.0519. The smallest absolute Gasteiger partial charge is 0.257 e. The predicted octanol–water partition coefficient (Wildman–Crippen LogP) is 4.17. The first-order valence-electron chi connectivity index (χ1n) is 11.8. The number of amides is 2. The highest BCUT2D eigenvalue weighted by molar-refractivity contribution is 7.17. The molecule has 7 heteroatoms. The molecule has 0 radical (unpaired) electrons. The molecule has 2 bridgehead atoms. The molecule has 4 aliphatic carbocycles. The number of benzene rings is 1. The van der Waals surface area contributed by atoms with Gasteiger partial charge in [0.2, 0.25) is 5.91 Å². The zero-order valence-corrected chi connectivity index (χ0v) is 19.4. The highest BCUT2D eigenvalue weighted by Gasteiger charge is 2.62. The first kappa shape index (κ1) is 20.8. The molecule has 1 aromatic heterocycles. The van der Waals surface area contributed by atoms with Crippen LogP contribution in [0.2, 0.25) is 0 Å². The van der Waals surface area contributed by atoms with Crippen molar-refractivity contribution in [3.05, 3.63) is 58.1 Å². The van der Waals surface area contributed by atoms with Crippen molar-refractivity contribution in [2.75, 3.05) is 11.9 Å². The molecule has 33 heavy (non-hydrogen) atoms. The molecule has 0 saturated heterocycles. The highest BCUT2D eigenvalue weighted by Crippen LogP contribution is 2.69. The zero-order chi connectivity index (χ0) is 22.7. The minimum Gasteiger partial charge on any atom is -0.356 e. The fourth-order valence-corrected chi connectivity index (χ4v) is 7.19. The van der Waals surface area contributed by atoms with Gasteiger partial charge in [0.05, 0.1) is 16.5 Å². The lowest BCUT2D eigenvalue weighted by Crippen LogP contribution is -2.38. The quantitative estimate of drug-likeness (QED) is 0.655. The third kappa shape index (κ3) is 3.53. The van der Waals surface area contributed by atoms with Gasteiger partial charge in [-0.05, 0) is 61.5 Å². The molecule has 6 nitrogen and oxygen atoms in total. The predicted molar refractivity (Wildman–Crippen MR) is 126 cm³/mol. The van der Waals surface area contributed by atoms with E-state index in [1.807, 2.05) is 25.1 Å². The molecule has 1 heterocycles. The van der Waals surface area contributed by atoms with Gasteiger partial charge in [0.1, 0.15) is 0 Å². The standard InChI is InChI=1S/C26H27N3O3S/c1-14-3-2-4-15(9-14)24(32)29-25-28-20-11-16(12-21(30)22(20)33-25)23(31)27-13-17-10-18-5-6-19(17)26(18)7-8-26/h2-6,9,16-19H,7-8,10-13H2,1H3,(H,27,31)(H,28,29,32)/t16-,17+,18+,19+/m0/s1. The van der Waals surface area contributed by atoms with Crippen LogP contribution in [0.4, 0.5) is 5.13 Å². The summed E-state index contributed by atoms with van der Waals surface area (Å²) in [5.41, 5.74) is 2.69. The minimum atomic E-state index is -0.392. The van der Waals surface area contributed by atoms with Crippen LogP contribution >= 0.6 is 11.3 Å². The molecule has 1 spiro atoms. The number of fused-ring (bicyclic) bond motifs is 1.